The highest BCUT2D eigenvalue weighted by molar-refractivity contribution is 14.1. The number of hydrogen-bond acceptors (Lipinski definition) is 7. The molecular weight excluding hydrogens is 567 g/mol. The number of ether oxygens (including phenoxy) is 2. The summed E-state index contributed by atoms with van der Waals surface area (Å²) in [6.07, 6.45) is 2.83. The lowest BCUT2D eigenvalue weighted by Gasteiger charge is -2.13. The minimum Gasteiger partial charge on any atom is -0.493 e. The zero-order chi connectivity index (χ0) is 25.2. The van der Waals surface area contributed by atoms with Crippen molar-refractivity contribution in [2.24, 2.45) is 5.10 Å². The molecule has 182 valence electrons. The van der Waals surface area contributed by atoms with E-state index >= 15 is 0 Å². The van der Waals surface area contributed by atoms with Crippen molar-refractivity contribution in [3.63, 3.8) is 0 Å². The lowest BCUT2D eigenvalue weighted by atomic mass is 10.2. The van der Waals surface area contributed by atoms with Gasteiger partial charge in [-0.15, -0.1) is 0 Å². The molecule has 11 heteroatoms. The number of methoxy groups -OCH3 is 1. The maximum Gasteiger partial charge on any atom is 0.329 e. The predicted molar refractivity (Wildman–Crippen MR) is 137 cm³/mol. The first-order chi connectivity index (χ1) is 16.9. The van der Waals surface area contributed by atoms with Crippen LogP contribution in [0.15, 0.2) is 64.3 Å². The van der Waals surface area contributed by atoms with Crippen molar-refractivity contribution in [2.75, 3.05) is 19.0 Å². The van der Waals surface area contributed by atoms with Gasteiger partial charge in [0.1, 0.15) is 5.76 Å². The number of benzene rings is 2. The molecular formula is C24H23IN4O6. The Morgan fingerprint density at radius 1 is 1.11 bits per heavy atom. The summed E-state index contributed by atoms with van der Waals surface area (Å²) in [5, 5.41) is 9.01. The minimum absolute atomic E-state index is 0.0861. The molecule has 1 aromatic heterocycles. The molecule has 0 unspecified atom stereocenters. The molecule has 3 rings (SSSR count). The van der Waals surface area contributed by atoms with Crippen molar-refractivity contribution in [1.29, 1.82) is 0 Å². The van der Waals surface area contributed by atoms with E-state index in [1.165, 1.54) is 19.6 Å². The summed E-state index contributed by atoms with van der Waals surface area (Å²) in [5.74, 6) is -0.791. The van der Waals surface area contributed by atoms with Gasteiger partial charge in [-0.05, 0) is 77.0 Å². The summed E-state index contributed by atoms with van der Waals surface area (Å²) < 4.78 is 16.8. The van der Waals surface area contributed by atoms with E-state index in [2.05, 4.69) is 21.2 Å². The molecule has 1 heterocycles. The number of carbonyl (C=O) groups excluding carboxylic acids is 3. The molecule has 0 bridgehead atoms. The first kappa shape index (κ1) is 25.7. The Bertz CT molecular complexity index is 1230. The number of nitrogens with zero attached hydrogens (tertiary/aromatic N) is 1. The number of nitrogens with one attached hydrogen (secondary N) is 3. The number of hydrazone groups is 1. The normalized spacial score (nSPS) is 10.6. The van der Waals surface area contributed by atoms with Gasteiger partial charge in [0.2, 0.25) is 0 Å². The summed E-state index contributed by atoms with van der Waals surface area (Å²) in [6.45, 7) is 1.81. The summed E-state index contributed by atoms with van der Waals surface area (Å²) in [7, 11) is 1.47. The van der Waals surface area contributed by atoms with Crippen molar-refractivity contribution in [3.8, 4) is 11.5 Å². The van der Waals surface area contributed by atoms with E-state index < -0.39 is 11.8 Å². The van der Waals surface area contributed by atoms with E-state index in [1.54, 1.807) is 30.3 Å². The zero-order valence-corrected chi connectivity index (χ0v) is 21.1. The number of anilines is 1. The van der Waals surface area contributed by atoms with E-state index in [4.69, 9.17) is 13.9 Å². The predicted octanol–water partition coefficient (Wildman–Crippen LogP) is 2.99. The molecule has 2 aromatic carbocycles. The molecule has 0 spiro atoms. The maximum absolute atomic E-state index is 12.3. The fourth-order valence-corrected chi connectivity index (χ4v) is 3.67. The third-order valence-corrected chi connectivity index (χ3v) is 5.29. The van der Waals surface area contributed by atoms with E-state index in [9.17, 15) is 14.4 Å². The Labute approximate surface area is 215 Å². The average molecular weight is 590 g/mol. The van der Waals surface area contributed by atoms with Crippen LogP contribution in [0.2, 0.25) is 0 Å². The van der Waals surface area contributed by atoms with Crippen LogP contribution in [0.1, 0.15) is 16.9 Å². The molecule has 10 nitrogen and oxygen atoms in total. The third kappa shape index (κ3) is 7.84. The summed E-state index contributed by atoms with van der Waals surface area (Å²) in [6, 6.07) is 14.2. The first-order valence-corrected chi connectivity index (χ1v) is 11.4. The van der Waals surface area contributed by atoms with E-state index in [-0.39, 0.29) is 19.1 Å². The van der Waals surface area contributed by atoms with Crippen LogP contribution in [-0.4, -0.2) is 37.7 Å². The standard InChI is InChI=1S/C24H23IN4O6/c1-15-5-3-6-17(9-15)28-21(30)14-35-22-19(25)10-16(11-20(22)33-2)12-27-29-24(32)23(31)26-13-18-7-4-8-34-18/h3-12H,13-14H2,1-2H3,(H,26,31)(H,28,30)(H,29,32)/b27-12-. The van der Waals surface area contributed by atoms with Crippen LogP contribution in [0.25, 0.3) is 0 Å². The minimum atomic E-state index is -0.922. The lowest BCUT2D eigenvalue weighted by molar-refractivity contribution is -0.139. The molecule has 35 heavy (non-hydrogen) atoms. The van der Waals surface area contributed by atoms with Gasteiger partial charge in [0.15, 0.2) is 18.1 Å². The van der Waals surface area contributed by atoms with Crippen LogP contribution in [-0.2, 0) is 20.9 Å². The van der Waals surface area contributed by atoms with E-state index in [1.807, 2.05) is 47.7 Å². The largest absolute Gasteiger partial charge is 0.493 e. The van der Waals surface area contributed by atoms with Gasteiger partial charge in [-0.1, -0.05) is 12.1 Å². The van der Waals surface area contributed by atoms with Crippen molar-refractivity contribution >= 4 is 52.2 Å². The van der Waals surface area contributed by atoms with Gasteiger partial charge in [-0.2, -0.15) is 5.10 Å². The number of halogens is 1. The molecule has 0 atom stereocenters. The van der Waals surface area contributed by atoms with Gasteiger partial charge < -0.3 is 24.5 Å². The highest BCUT2D eigenvalue weighted by Crippen LogP contribution is 2.33. The SMILES string of the molecule is COc1cc(/C=N\NC(=O)C(=O)NCc2ccco2)cc(I)c1OCC(=O)Nc1cccc(C)c1. The molecule has 0 fully saturated rings. The molecule has 3 aromatic rings. The molecule has 0 aliphatic heterocycles. The first-order valence-electron chi connectivity index (χ1n) is 10.4. The molecule has 0 aliphatic rings. The average Bonchev–Trinajstić information content (AvgIpc) is 3.35. The summed E-state index contributed by atoms with van der Waals surface area (Å²) in [4.78, 5) is 36.0. The molecule has 3 N–H and O–H groups in total. The van der Waals surface area contributed by atoms with Crippen molar-refractivity contribution in [3.05, 3.63) is 75.3 Å². The summed E-state index contributed by atoms with van der Waals surface area (Å²) >= 11 is 2.04. The lowest BCUT2D eigenvalue weighted by Crippen LogP contribution is -2.37. The van der Waals surface area contributed by atoms with Crippen molar-refractivity contribution < 1.29 is 28.3 Å². The number of amides is 3. The zero-order valence-electron chi connectivity index (χ0n) is 19.0. The highest BCUT2D eigenvalue weighted by atomic mass is 127. The third-order valence-electron chi connectivity index (χ3n) is 4.49. The number of furan rings is 1. The van der Waals surface area contributed by atoms with Crippen LogP contribution in [0.5, 0.6) is 11.5 Å². The second kappa shape index (κ2) is 12.6. The van der Waals surface area contributed by atoms with Gasteiger partial charge in [-0.3, -0.25) is 14.4 Å². The van der Waals surface area contributed by atoms with Gasteiger partial charge in [-0.25, -0.2) is 5.43 Å². The van der Waals surface area contributed by atoms with Crippen LogP contribution >= 0.6 is 22.6 Å². The molecule has 0 radical (unpaired) electrons. The number of hydrogen-bond donors (Lipinski definition) is 3. The molecule has 3 amide bonds. The van der Waals surface area contributed by atoms with Gasteiger partial charge in [0.05, 0.1) is 29.7 Å². The Kier molecular flexibility index (Phi) is 9.23. The van der Waals surface area contributed by atoms with Crippen LogP contribution in [0, 0.1) is 10.5 Å². The van der Waals surface area contributed by atoms with E-state index in [0.29, 0.717) is 32.1 Å². The van der Waals surface area contributed by atoms with Crippen LogP contribution in [0.4, 0.5) is 5.69 Å². The Balaban J connectivity index is 1.55. The number of aryl methyl sites for hydroxylation is 1. The summed E-state index contributed by atoms with van der Waals surface area (Å²) in [5.41, 5.74) is 4.46. The Morgan fingerprint density at radius 3 is 2.66 bits per heavy atom. The van der Waals surface area contributed by atoms with Gasteiger partial charge in [0, 0.05) is 5.69 Å². The molecule has 0 saturated heterocycles. The topological polar surface area (TPSA) is 131 Å². The van der Waals surface area contributed by atoms with Crippen LogP contribution < -0.4 is 25.5 Å². The number of rotatable bonds is 9. The molecule has 0 aliphatic carbocycles. The van der Waals surface area contributed by atoms with Crippen LogP contribution in [0.3, 0.4) is 0 Å². The smallest absolute Gasteiger partial charge is 0.329 e. The number of carbonyl (C=O) groups is 3. The monoisotopic (exact) mass is 590 g/mol. The Morgan fingerprint density at radius 2 is 1.94 bits per heavy atom. The van der Waals surface area contributed by atoms with Crippen molar-refractivity contribution in [1.82, 2.24) is 10.7 Å². The quantitative estimate of drug-likeness (QED) is 0.152. The van der Waals surface area contributed by atoms with Gasteiger partial charge >= 0.3 is 11.8 Å². The maximum atomic E-state index is 12.3. The van der Waals surface area contributed by atoms with Gasteiger partial charge in [0.25, 0.3) is 5.91 Å². The highest BCUT2D eigenvalue weighted by Gasteiger charge is 2.15. The fourth-order valence-electron chi connectivity index (χ4n) is 2.89. The second-order valence-corrected chi connectivity index (χ2v) is 8.36. The second-order valence-electron chi connectivity index (χ2n) is 7.20. The Hall–Kier alpha value is -3.87. The fraction of sp³-hybridized carbons (Fsp3) is 0.167. The van der Waals surface area contributed by atoms with Crippen molar-refractivity contribution in [2.45, 2.75) is 13.5 Å². The molecule has 0 saturated carbocycles. The van der Waals surface area contributed by atoms with E-state index in [0.717, 1.165) is 5.56 Å².